The standard InChI is InChI=1S/C15H21NOS/c1-11(2)14-9-13(5-6-15(14)17-4)12(3)7-8-18-10-16/h5-6,9,11-12H,7-8H2,1-4H3. The lowest BCUT2D eigenvalue weighted by Crippen LogP contribution is -2.00. The summed E-state index contributed by atoms with van der Waals surface area (Å²) in [4.78, 5) is 0. The van der Waals surface area contributed by atoms with Gasteiger partial charge < -0.3 is 4.74 Å². The van der Waals surface area contributed by atoms with Crippen molar-refractivity contribution in [3.05, 3.63) is 29.3 Å². The Balaban J connectivity index is 2.84. The van der Waals surface area contributed by atoms with Crippen molar-refractivity contribution in [3.8, 4) is 11.2 Å². The smallest absolute Gasteiger partial charge is 0.133 e. The van der Waals surface area contributed by atoms with E-state index in [1.165, 1.54) is 22.9 Å². The van der Waals surface area contributed by atoms with Crippen LogP contribution in [-0.4, -0.2) is 12.9 Å². The van der Waals surface area contributed by atoms with Crippen molar-refractivity contribution >= 4 is 11.8 Å². The summed E-state index contributed by atoms with van der Waals surface area (Å²) in [5.74, 6) is 2.79. The van der Waals surface area contributed by atoms with Gasteiger partial charge in [-0.1, -0.05) is 32.9 Å². The highest BCUT2D eigenvalue weighted by atomic mass is 32.2. The molecular weight excluding hydrogens is 242 g/mol. The van der Waals surface area contributed by atoms with Crippen LogP contribution in [0.25, 0.3) is 0 Å². The van der Waals surface area contributed by atoms with Crippen molar-refractivity contribution in [1.29, 1.82) is 5.26 Å². The van der Waals surface area contributed by atoms with Crippen LogP contribution in [-0.2, 0) is 0 Å². The maximum atomic E-state index is 8.53. The zero-order valence-corrected chi connectivity index (χ0v) is 12.4. The first-order valence-electron chi connectivity index (χ1n) is 6.28. The summed E-state index contributed by atoms with van der Waals surface area (Å²) in [6.07, 6.45) is 1.03. The first-order valence-corrected chi connectivity index (χ1v) is 7.27. The van der Waals surface area contributed by atoms with Crippen LogP contribution in [0.15, 0.2) is 18.2 Å². The van der Waals surface area contributed by atoms with Gasteiger partial charge in [0.1, 0.15) is 11.2 Å². The van der Waals surface area contributed by atoms with Crippen molar-refractivity contribution in [3.63, 3.8) is 0 Å². The van der Waals surface area contributed by atoms with Crippen LogP contribution >= 0.6 is 11.8 Å². The van der Waals surface area contributed by atoms with Crippen molar-refractivity contribution in [2.24, 2.45) is 0 Å². The number of hydrogen-bond acceptors (Lipinski definition) is 3. The van der Waals surface area contributed by atoms with E-state index in [0.717, 1.165) is 17.9 Å². The molecule has 0 bridgehead atoms. The number of methoxy groups -OCH3 is 1. The number of benzene rings is 1. The maximum absolute atomic E-state index is 8.53. The molecule has 98 valence electrons. The number of nitriles is 1. The highest BCUT2D eigenvalue weighted by Crippen LogP contribution is 2.31. The van der Waals surface area contributed by atoms with Gasteiger partial charge >= 0.3 is 0 Å². The second-order valence-electron chi connectivity index (χ2n) is 4.79. The highest BCUT2D eigenvalue weighted by Gasteiger charge is 2.12. The fourth-order valence-corrected chi connectivity index (χ4v) is 2.52. The van der Waals surface area contributed by atoms with Crippen LogP contribution in [0.5, 0.6) is 5.75 Å². The van der Waals surface area contributed by atoms with Gasteiger partial charge in [-0.05, 0) is 47.2 Å². The first-order chi connectivity index (χ1) is 8.60. The third-order valence-corrected chi connectivity index (χ3v) is 3.73. The molecule has 1 aromatic rings. The summed E-state index contributed by atoms with van der Waals surface area (Å²) in [7, 11) is 1.72. The molecule has 0 radical (unpaired) electrons. The third kappa shape index (κ3) is 3.96. The van der Waals surface area contributed by atoms with Gasteiger partial charge in [0.05, 0.1) is 7.11 Å². The van der Waals surface area contributed by atoms with Gasteiger partial charge in [-0.25, -0.2) is 0 Å². The molecule has 0 heterocycles. The molecule has 0 aromatic heterocycles. The molecule has 1 aromatic carbocycles. The lowest BCUT2D eigenvalue weighted by Gasteiger charge is -2.17. The normalized spacial score (nSPS) is 12.2. The highest BCUT2D eigenvalue weighted by molar-refractivity contribution is 8.03. The van der Waals surface area contributed by atoms with E-state index in [1.807, 2.05) is 0 Å². The van der Waals surface area contributed by atoms with Gasteiger partial charge in [0.2, 0.25) is 0 Å². The minimum absolute atomic E-state index is 0.459. The monoisotopic (exact) mass is 263 g/mol. The summed E-state index contributed by atoms with van der Waals surface area (Å²) in [5.41, 5.74) is 2.59. The van der Waals surface area contributed by atoms with Crippen LogP contribution in [0.2, 0.25) is 0 Å². The van der Waals surface area contributed by atoms with Gasteiger partial charge in [-0.15, -0.1) is 0 Å². The summed E-state index contributed by atoms with van der Waals surface area (Å²) in [6.45, 7) is 6.57. The fraction of sp³-hybridized carbons (Fsp3) is 0.533. The van der Waals surface area contributed by atoms with Crippen molar-refractivity contribution in [2.45, 2.75) is 39.0 Å². The third-order valence-electron chi connectivity index (χ3n) is 3.16. The predicted octanol–water partition coefficient (Wildman–Crippen LogP) is 4.53. The van der Waals surface area contributed by atoms with E-state index in [4.69, 9.17) is 10.00 Å². The molecule has 0 aliphatic rings. The molecule has 3 heteroatoms. The molecule has 1 unspecified atom stereocenters. The number of hydrogen-bond donors (Lipinski definition) is 0. The lowest BCUT2D eigenvalue weighted by atomic mass is 9.93. The molecule has 0 spiro atoms. The Morgan fingerprint density at radius 3 is 2.61 bits per heavy atom. The molecule has 0 aliphatic carbocycles. The maximum Gasteiger partial charge on any atom is 0.133 e. The van der Waals surface area contributed by atoms with E-state index >= 15 is 0 Å². The molecular formula is C15H21NOS. The van der Waals surface area contributed by atoms with Crippen LogP contribution in [0.3, 0.4) is 0 Å². The lowest BCUT2D eigenvalue weighted by molar-refractivity contribution is 0.407. The molecule has 0 saturated carbocycles. The number of thioether (sulfide) groups is 1. The van der Waals surface area contributed by atoms with Gasteiger partial charge in [0.25, 0.3) is 0 Å². The molecule has 0 fully saturated rings. The topological polar surface area (TPSA) is 33.0 Å². The Labute approximate surface area is 114 Å². The average molecular weight is 263 g/mol. The largest absolute Gasteiger partial charge is 0.496 e. The Bertz CT molecular complexity index is 423. The van der Waals surface area contributed by atoms with Crippen LogP contribution in [0.4, 0.5) is 0 Å². The molecule has 1 rings (SSSR count). The SMILES string of the molecule is COc1ccc(C(C)CCSC#N)cc1C(C)C. The zero-order chi connectivity index (χ0) is 13.5. The minimum Gasteiger partial charge on any atom is -0.496 e. The van der Waals surface area contributed by atoms with Gasteiger partial charge in [-0.3, -0.25) is 0 Å². The second-order valence-corrected chi connectivity index (χ2v) is 5.67. The summed E-state index contributed by atoms with van der Waals surface area (Å²) >= 11 is 1.33. The molecule has 18 heavy (non-hydrogen) atoms. The Morgan fingerprint density at radius 2 is 2.06 bits per heavy atom. The molecule has 0 N–H and O–H groups in total. The van der Waals surface area contributed by atoms with Crippen LogP contribution in [0, 0.1) is 10.7 Å². The average Bonchev–Trinajstić information content (AvgIpc) is 2.38. The Hall–Kier alpha value is -1.14. The number of nitrogens with zero attached hydrogens (tertiary/aromatic N) is 1. The minimum atomic E-state index is 0.459. The molecule has 0 amide bonds. The summed E-state index contributed by atoms with van der Waals surface area (Å²) in [5, 5.41) is 10.7. The van der Waals surface area contributed by atoms with Crippen molar-refractivity contribution in [2.75, 3.05) is 12.9 Å². The Kier molecular flexibility index (Phi) is 6.07. The molecule has 0 aliphatic heterocycles. The van der Waals surface area contributed by atoms with E-state index in [2.05, 4.69) is 44.4 Å². The van der Waals surface area contributed by atoms with Crippen LogP contribution < -0.4 is 4.74 Å². The number of thiocyanates is 1. The zero-order valence-electron chi connectivity index (χ0n) is 11.6. The van der Waals surface area contributed by atoms with Crippen molar-refractivity contribution < 1.29 is 4.74 Å². The van der Waals surface area contributed by atoms with Gasteiger partial charge in [-0.2, -0.15) is 5.26 Å². The van der Waals surface area contributed by atoms with Gasteiger partial charge in [0, 0.05) is 5.75 Å². The van der Waals surface area contributed by atoms with E-state index in [1.54, 1.807) is 7.11 Å². The number of ether oxygens (including phenoxy) is 1. The van der Waals surface area contributed by atoms with Crippen molar-refractivity contribution in [1.82, 2.24) is 0 Å². The molecule has 2 nitrogen and oxygen atoms in total. The van der Waals surface area contributed by atoms with E-state index < -0.39 is 0 Å². The summed E-state index contributed by atoms with van der Waals surface area (Å²) < 4.78 is 5.39. The fourth-order valence-electron chi connectivity index (χ4n) is 1.96. The summed E-state index contributed by atoms with van der Waals surface area (Å²) in [6, 6.07) is 6.43. The molecule has 1 atom stereocenters. The molecule has 0 saturated heterocycles. The van der Waals surface area contributed by atoms with E-state index in [-0.39, 0.29) is 0 Å². The quantitative estimate of drug-likeness (QED) is 0.558. The second kappa shape index (κ2) is 7.33. The van der Waals surface area contributed by atoms with Gasteiger partial charge in [0.15, 0.2) is 0 Å². The predicted molar refractivity (Wildman–Crippen MR) is 78.2 cm³/mol. The first kappa shape index (κ1) is 14.9. The van der Waals surface area contributed by atoms with E-state index in [9.17, 15) is 0 Å². The Morgan fingerprint density at radius 1 is 1.33 bits per heavy atom. The van der Waals surface area contributed by atoms with E-state index in [0.29, 0.717) is 11.8 Å². The van der Waals surface area contributed by atoms with Crippen LogP contribution in [0.1, 0.15) is 50.2 Å². The number of rotatable bonds is 6.